The lowest BCUT2D eigenvalue weighted by molar-refractivity contribution is 0.0690. The second-order valence-corrected chi connectivity index (χ2v) is 4.57. The van der Waals surface area contributed by atoms with Crippen LogP contribution in [-0.2, 0) is 0 Å². The minimum absolute atomic E-state index is 0.0802. The molecule has 1 aromatic heterocycles. The van der Waals surface area contributed by atoms with E-state index in [1.165, 1.54) is 38.4 Å². The molecule has 0 atom stereocenters. The molecule has 0 spiro atoms. The van der Waals surface area contributed by atoms with Crippen molar-refractivity contribution >= 4 is 11.7 Å². The molecule has 18 heavy (non-hydrogen) atoms. The third kappa shape index (κ3) is 3.70. The van der Waals surface area contributed by atoms with Gasteiger partial charge in [0.2, 0.25) is 0 Å². The van der Waals surface area contributed by atoms with Crippen molar-refractivity contribution in [3.05, 3.63) is 24.0 Å². The Bertz CT molecular complexity index is 386. The van der Waals surface area contributed by atoms with Crippen molar-refractivity contribution in [1.29, 1.82) is 0 Å². The van der Waals surface area contributed by atoms with Gasteiger partial charge in [-0.05, 0) is 38.1 Å². The molecule has 5 heteroatoms. The van der Waals surface area contributed by atoms with E-state index in [-0.39, 0.29) is 5.69 Å². The van der Waals surface area contributed by atoms with Crippen molar-refractivity contribution < 1.29 is 9.90 Å². The summed E-state index contributed by atoms with van der Waals surface area (Å²) in [7, 11) is 0. The summed E-state index contributed by atoms with van der Waals surface area (Å²) in [4.78, 5) is 17.0. The number of nitrogens with zero attached hydrogens (tertiary/aromatic N) is 2. The van der Waals surface area contributed by atoms with Crippen LogP contribution in [0, 0.1) is 0 Å². The van der Waals surface area contributed by atoms with Crippen LogP contribution in [0.1, 0.15) is 29.8 Å². The highest BCUT2D eigenvalue weighted by atomic mass is 16.4. The molecule has 0 unspecified atom stereocenters. The number of nitrogens with one attached hydrogen (secondary N) is 1. The number of rotatable bonds is 5. The van der Waals surface area contributed by atoms with E-state index < -0.39 is 5.97 Å². The number of carbonyl (C=O) groups is 1. The first kappa shape index (κ1) is 12.8. The Kier molecular flexibility index (Phi) is 4.52. The first-order valence-electron chi connectivity index (χ1n) is 6.41. The molecule has 0 bridgehead atoms. The molecular weight excluding hydrogens is 230 g/mol. The predicted octanol–water partition coefficient (Wildman–Crippen LogP) is 1.68. The minimum Gasteiger partial charge on any atom is -0.477 e. The number of carboxylic acid groups (broad SMARTS) is 1. The van der Waals surface area contributed by atoms with Crippen LogP contribution in [0.3, 0.4) is 0 Å². The molecule has 0 amide bonds. The largest absolute Gasteiger partial charge is 0.477 e. The number of carboxylic acids is 1. The van der Waals surface area contributed by atoms with Gasteiger partial charge in [-0.25, -0.2) is 9.78 Å². The first-order chi connectivity index (χ1) is 8.75. The lowest BCUT2D eigenvalue weighted by Crippen LogP contribution is -2.33. The van der Waals surface area contributed by atoms with Gasteiger partial charge in [-0.15, -0.1) is 0 Å². The maximum Gasteiger partial charge on any atom is 0.354 e. The van der Waals surface area contributed by atoms with Gasteiger partial charge in [0.15, 0.2) is 0 Å². The van der Waals surface area contributed by atoms with Crippen molar-refractivity contribution in [3.8, 4) is 0 Å². The average Bonchev–Trinajstić information content (AvgIpc) is 2.40. The maximum atomic E-state index is 10.6. The standard InChI is InChI=1S/C13H19N3O2/c17-13(18)12-5-4-11(10-15-12)14-6-9-16-7-2-1-3-8-16/h4-5,10,14H,1-3,6-9H2,(H,17,18). The summed E-state index contributed by atoms with van der Waals surface area (Å²) in [6.07, 6.45) is 5.52. The number of aromatic nitrogens is 1. The van der Waals surface area contributed by atoms with Crippen LogP contribution in [0.15, 0.2) is 18.3 Å². The van der Waals surface area contributed by atoms with Gasteiger partial charge in [-0.3, -0.25) is 0 Å². The molecule has 98 valence electrons. The fourth-order valence-electron chi connectivity index (χ4n) is 2.17. The van der Waals surface area contributed by atoms with Gasteiger partial charge in [-0.1, -0.05) is 6.42 Å². The lowest BCUT2D eigenvalue weighted by atomic mass is 10.1. The van der Waals surface area contributed by atoms with Crippen LogP contribution in [0.25, 0.3) is 0 Å². The van der Waals surface area contributed by atoms with E-state index in [0.29, 0.717) is 0 Å². The van der Waals surface area contributed by atoms with E-state index in [1.54, 1.807) is 12.3 Å². The summed E-state index contributed by atoms with van der Waals surface area (Å²) in [6.45, 7) is 4.28. The second kappa shape index (κ2) is 6.35. The van der Waals surface area contributed by atoms with Crippen LogP contribution in [-0.4, -0.2) is 47.1 Å². The molecule has 2 rings (SSSR count). The number of anilines is 1. The summed E-state index contributed by atoms with van der Waals surface area (Å²) >= 11 is 0. The Morgan fingerprint density at radius 2 is 2.11 bits per heavy atom. The van der Waals surface area contributed by atoms with Crippen LogP contribution < -0.4 is 5.32 Å². The van der Waals surface area contributed by atoms with Crippen LogP contribution in [0.2, 0.25) is 0 Å². The molecule has 0 aromatic carbocycles. The summed E-state index contributed by atoms with van der Waals surface area (Å²) in [6, 6.07) is 3.28. The smallest absolute Gasteiger partial charge is 0.354 e. The Morgan fingerprint density at radius 1 is 1.33 bits per heavy atom. The molecule has 0 radical (unpaired) electrons. The van der Waals surface area contributed by atoms with Crippen LogP contribution in [0.5, 0.6) is 0 Å². The fraction of sp³-hybridized carbons (Fsp3) is 0.538. The molecular formula is C13H19N3O2. The normalized spacial score (nSPS) is 16.4. The molecule has 1 aliphatic rings. The number of hydrogen-bond acceptors (Lipinski definition) is 4. The molecule has 1 saturated heterocycles. The summed E-state index contributed by atoms with van der Waals surface area (Å²) in [5.41, 5.74) is 0.952. The van der Waals surface area contributed by atoms with Gasteiger partial charge in [0.05, 0.1) is 11.9 Å². The van der Waals surface area contributed by atoms with E-state index in [4.69, 9.17) is 5.11 Å². The zero-order valence-electron chi connectivity index (χ0n) is 10.4. The average molecular weight is 249 g/mol. The Hall–Kier alpha value is -1.62. The fourth-order valence-corrected chi connectivity index (χ4v) is 2.17. The summed E-state index contributed by atoms with van der Waals surface area (Å²) < 4.78 is 0. The monoisotopic (exact) mass is 249 g/mol. The molecule has 1 aliphatic heterocycles. The van der Waals surface area contributed by atoms with Gasteiger partial charge in [0, 0.05) is 13.1 Å². The molecule has 0 aliphatic carbocycles. The van der Waals surface area contributed by atoms with E-state index in [2.05, 4.69) is 15.2 Å². The van der Waals surface area contributed by atoms with E-state index >= 15 is 0 Å². The predicted molar refractivity (Wildman–Crippen MR) is 70.0 cm³/mol. The zero-order valence-corrected chi connectivity index (χ0v) is 10.4. The molecule has 2 heterocycles. The van der Waals surface area contributed by atoms with Crippen molar-refractivity contribution in [2.75, 3.05) is 31.5 Å². The molecule has 5 nitrogen and oxygen atoms in total. The zero-order chi connectivity index (χ0) is 12.8. The Morgan fingerprint density at radius 3 is 2.72 bits per heavy atom. The Labute approximate surface area is 107 Å². The van der Waals surface area contributed by atoms with Gasteiger partial charge < -0.3 is 15.3 Å². The highest BCUT2D eigenvalue weighted by molar-refractivity contribution is 5.85. The highest BCUT2D eigenvalue weighted by Crippen LogP contribution is 2.09. The molecule has 2 N–H and O–H groups in total. The maximum absolute atomic E-state index is 10.6. The second-order valence-electron chi connectivity index (χ2n) is 4.57. The highest BCUT2D eigenvalue weighted by Gasteiger charge is 2.09. The van der Waals surface area contributed by atoms with Crippen molar-refractivity contribution in [2.45, 2.75) is 19.3 Å². The molecule has 0 saturated carbocycles. The third-order valence-electron chi connectivity index (χ3n) is 3.19. The van der Waals surface area contributed by atoms with Crippen molar-refractivity contribution in [1.82, 2.24) is 9.88 Å². The summed E-state index contributed by atoms with van der Waals surface area (Å²) in [5.74, 6) is -0.991. The van der Waals surface area contributed by atoms with E-state index in [1.807, 2.05) is 0 Å². The van der Waals surface area contributed by atoms with E-state index in [9.17, 15) is 4.79 Å². The third-order valence-corrected chi connectivity index (χ3v) is 3.19. The summed E-state index contributed by atoms with van der Waals surface area (Å²) in [5, 5.41) is 12.0. The minimum atomic E-state index is -0.991. The number of piperidine rings is 1. The first-order valence-corrected chi connectivity index (χ1v) is 6.41. The topological polar surface area (TPSA) is 65.5 Å². The lowest BCUT2D eigenvalue weighted by Gasteiger charge is -2.26. The molecule has 1 fully saturated rings. The van der Waals surface area contributed by atoms with Crippen molar-refractivity contribution in [3.63, 3.8) is 0 Å². The van der Waals surface area contributed by atoms with Crippen LogP contribution in [0.4, 0.5) is 5.69 Å². The Balaban J connectivity index is 1.74. The van der Waals surface area contributed by atoms with Gasteiger partial charge in [0.1, 0.15) is 5.69 Å². The van der Waals surface area contributed by atoms with Crippen molar-refractivity contribution in [2.24, 2.45) is 0 Å². The number of aromatic carboxylic acids is 1. The van der Waals surface area contributed by atoms with Crippen LogP contribution >= 0.6 is 0 Å². The number of pyridine rings is 1. The van der Waals surface area contributed by atoms with E-state index in [0.717, 1.165) is 18.8 Å². The number of hydrogen-bond donors (Lipinski definition) is 2. The van der Waals surface area contributed by atoms with Gasteiger partial charge in [0.25, 0.3) is 0 Å². The SMILES string of the molecule is O=C(O)c1ccc(NCCN2CCCCC2)cn1. The van der Waals surface area contributed by atoms with Gasteiger partial charge in [-0.2, -0.15) is 0 Å². The van der Waals surface area contributed by atoms with Gasteiger partial charge >= 0.3 is 5.97 Å². The molecule has 1 aromatic rings. The quantitative estimate of drug-likeness (QED) is 0.831. The number of likely N-dealkylation sites (tertiary alicyclic amines) is 1.